The van der Waals surface area contributed by atoms with E-state index in [2.05, 4.69) is 12.2 Å². The third kappa shape index (κ3) is 20.2. The SMILES string of the molecule is CCCCCCCCCCCCCCCCCCNC(=O)C([NH])CCC(=O)OCC. The molecular weight excluding hydrogens is 376 g/mol. The first-order valence-electron chi connectivity index (χ1n) is 12.8. The van der Waals surface area contributed by atoms with Crippen molar-refractivity contribution >= 4 is 11.9 Å². The summed E-state index contributed by atoms with van der Waals surface area (Å²) in [5.74, 6) is -0.611. The van der Waals surface area contributed by atoms with E-state index in [1.165, 1.54) is 89.9 Å². The van der Waals surface area contributed by atoms with Crippen molar-refractivity contribution < 1.29 is 14.3 Å². The molecule has 0 fully saturated rings. The van der Waals surface area contributed by atoms with Crippen LogP contribution in [0.15, 0.2) is 0 Å². The van der Waals surface area contributed by atoms with Crippen LogP contribution in [0.5, 0.6) is 0 Å². The van der Waals surface area contributed by atoms with Crippen LogP contribution in [0.3, 0.4) is 0 Å². The number of rotatable bonds is 22. The van der Waals surface area contributed by atoms with Crippen LogP contribution in [0.25, 0.3) is 0 Å². The van der Waals surface area contributed by atoms with Gasteiger partial charge in [0.2, 0.25) is 5.91 Å². The number of carbonyl (C=O) groups excluding carboxylic acids is 2. The summed E-state index contributed by atoms with van der Waals surface area (Å²) in [4.78, 5) is 23.1. The van der Waals surface area contributed by atoms with E-state index in [1.807, 2.05) is 0 Å². The Morgan fingerprint density at radius 2 is 1.17 bits per heavy atom. The van der Waals surface area contributed by atoms with Crippen molar-refractivity contribution in [2.45, 2.75) is 135 Å². The Labute approximate surface area is 186 Å². The molecular formula is C25H49N2O3. The number of hydrogen-bond donors (Lipinski definition) is 1. The lowest BCUT2D eigenvalue weighted by molar-refractivity contribution is -0.143. The van der Waals surface area contributed by atoms with Gasteiger partial charge in [0, 0.05) is 13.0 Å². The van der Waals surface area contributed by atoms with E-state index in [0.29, 0.717) is 13.2 Å². The number of nitrogens with one attached hydrogen (secondary N) is 2. The van der Waals surface area contributed by atoms with Crippen LogP contribution in [0.1, 0.15) is 129 Å². The van der Waals surface area contributed by atoms with Gasteiger partial charge in [-0.2, -0.15) is 0 Å². The third-order valence-electron chi connectivity index (χ3n) is 5.59. The summed E-state index contributed by atoms with van der Waals surface area (Å²) < 4.78 is 4.82. The number of amides is 1. The molecule has 0 aromatic rings. The fourth-order valence-corrected chi connectivity index (χ4v) is 3.63. The average molecular weight is 426 g/mol. The molecule has 0 heterocycles. The summed E-state index contributed by atoms with van der Waals surface area (Å²) in [6.07, 6.45) is 21.7. The fraction of sp³-hybridized carbons (Fsp3) is 0.920. The van der Waals surface area contributed by atoms with Crippen LogP contribution in [0.2, 0.25) is 0 Å². The molecule has 1 amide bonds. The smallest absolute Gasteiger partial charge is 0.305 e. The number of unbranched alkanes of at least 4 members (excludes halogenated alkanes) is 15. The highest BCUT2D eigenvalue weighted by atomic mass is 16.5. The molecule has 177 valence electrons. The lowest BCUT2D eigenvalue weighted by atomic mass is 10.0. The molecule has 0 bridgehead atoms. The van der Waals surface area contributed by atoms with Crippen LogP contribution in [-0.2, 0) is 14.3 Å². The summed E-state index contributed by atoms with van der Waals surface area (Å²) in [5.41, 5.74) is 7.78. The van der Waals surface area contributed by atoms with Crippen LogP contribution in [0.4, 0.5) is 0 Å². The molecule has 5 nitrogen and oxygen atoms in total. The molecule has 0 aliphatic carbocycles. The number of carbonyl (C=O) groups is 2. The minimum absolute atomic E-state index is 0.133. The topological polar surface area (TPSA) is 79.2 Å². The molecule has 1 radical (unpaired) electrons. The Kier molecular flexibility index (Phi) is 21.8. The lowest BCUT2D eigenvalue weighted by Gasteiger charge is -2.11. The molecule has 0 rings (SSSR count). The highest BCUT2D eigenvalue weighted by Gasteiger charge is 2.15. The number of hydrogen-bond acceptors (Lipinski definition) is 3. The van der Waals surface area contributed by atoms with Crippen molar-refractivity contribution in [2.75, 3.05) is 13.2 Å². The number of ether oxygens (including phenoxy) is 1. The van der Waals surface area contributed by atoms with Gasteiger partial charge in [0.25, 0.3) is 0 Å². The monoisotopic (exact) mass is 425 g/mol. The maximum absolute atomic E-state index is 11.8. The zero-order valence-corrected chi connectivity index (χ0v) is 19.9. The first kappa shape index (κ1) is 28.9. The Bertz CT molecular complexity index is 402. The molecule has 0 spiro atoms. The van der Waals surface area contributed by atoms with Gasteiger partial charge in [-0.25, -0.2) is 5.73 Å². The molecule has 0 aromatic heterocycles. The van der Waals surface area contributed by atoms with E-state index in [1.54, 1.807) is 6.92 Å². The maximum atomic E-state index is 11.8. The third-order valence-corrected chi connectivity index (χ3v) is 5.59. The second kappa shape index (κ2) is 22.6. The van der Waals surface area contributed by atoms with Gasteiger partial charge in [0.05, 0.1) is 6.61 Å². The molecule has 30 heavy (non-hydrogen) atoms. The minimum atomic E-state index is -0.879. The van der Waals surface area contributed by atoms with Gasteiger partial charge in [-0.1, -0.05) is 103 Å². The van der Waals surface area contributed by atoms with Gasteiger partial charge < -0.3 is 10.1 Å². The van der Waals surface area contributed by atoms with E-state index in [-0.39, 0.29) is 24.7 Å². The highest BCUT2D eigenvalue weighted by molar-refractivity contribution is 5.82. The van der Waals surface area contributed by atoms with Crippen LogP contribution >= 0.6 is 0 Å². The highest BCUT2D eigenvalue weighted by Crippen LogP contribution is 2.13. The van der Waals surface area contributed by atoms with E-state index >= 15 is 0 Å². The molecule has 1 atom stereocenters. The molecule has 0 saturated heterocycles. The molecule has 1 unspecified atom stereocenters. The van der Waals surface area contributed by atoms with Gasteiger partial charge in [0.15, 0.2) is 0 Å². The average Bonchev–Trinajstić information content (AvgIpc) is 2.74. The summed E-state index contributed by atoms with van der Waals surface area (Å²) in [7, 11) is 0. The molecule has 0 aliphatic heterocycles. The Hall–Kier alpha value is -1.10. The van der Waals surface area contributed by atoms with E-state index < -0.39 is 6.04 Å². The zero-order valence-electron chi connectivity index (χ0n) is 19.9. The zero-order chi connectivity index (χ0) is 22.3. The normalized spacial score (nSPS) is 12.0. The predicted octanol–water partition coefficient (Wildman–Crippen LogP) is 6.36. The van der Waals surface area contributed by atoms with E-state index in [9.17, 15) is 9.59 Å². The second-order valence-electron chi connectivity index (χ2n) is 8.49. The largest absolute Gasteiger partial charge is 0.466 e. The molecule has 0 saturated carbocycles. The van der Waals surface area contributed by atoms with Gasteiger partial charge in [-0.05, 0) is 19.8 Å². The molecule has 0 aromatic carbocycles. The molecule has 5 heteroatoms. The number of esters is 1. The summed E-state index contributed by atoms with van der Waals surface area (Å²) in [5, 5.41) is 2.81. The molecule has 0 aliphatic rings. The van der Waals surface area contributed by atoms with Crippen molar-refractivity contribution in [3.63, 3.8) is 0 Å². The first-order valence-corrected chi connectivity index (χ1v) is 12.8. The van der Waals surface area contributed by atoms with Gasteiger partial charge in [-0.15, -0.1) is 0 Å². The van der Waals surface area contributed by atoms with Crippen LogP contribution in [-0.4, -0.2) is 31.1 Å². The Morgan fingerprint density at radius 1 is 0.733 bits per heavy atom. The summed E-state index contributed by atoms with van der Waals surface area (Å²) in [6, 6.07) is -0.879. The van der Waals surface area contributed by atoms with E-state index in [0.717, 1.165) is 12.8 Å². The van der Waals surface area contributed by atoms with Gasteiger partial charge in [-0.3, -0.25) is 9.59 Å². The first-order chi connectivity index (χ1) is 14.6. The molecule has 2 N–H and O–H groups in total. The van der Waals surface area contributed by atoms with Crippen molar-refractivity contribution in [3.05, 3.63) is 0 Å². The maximum Gasteiger partial charge on any atom is 0.305 e. The van der Waals surface area contributed by atoms with Crippen molar-refractivity contribution in [1.29, 1.82) is 0 Å². The van der Waals surface area contributed by atoms with E-state index in [4.69, 9.17) is 10.5 Å². The van der Waals surface area contributed by atoms with Gasteiger partial charge in [0.1, 0.15) is 6.04 Å². The fourth-order valence-electron chi connectivity index (χ4n) is 3.63. The Morgan fingerprint density at radius 3 is 1.60 bits per heavy atom. The minimum Gasteiger partial charge on any atom is -0.466 e. The van der Waals surface area contributed by atoms with Crippen LogP contribution < -0.4 is 11.1 Å². The quantitative estimate of drug-likeness (QED) is 0.162. The van der Waals surface area contributed by atoms with Crippen molar-refractivity contribution in [1.82, 2.24) is 11.1 Å². The Balaban J connectivity index is 3.28. The van der Waals surface area contributed by atoms with Crippen LogP contribution in [0, 0.1) is 0 Å². The summed E-state index contributed by atoms with van der Waals surface area (Å²) >= 11 is 0. The van der Waals surface area contributed by atoms with Crippen molar-refractivity contribution in [2.24, 2.45) is 0 Å². The summed E-state index contributed by atoms with van der Waals surface area (Å²) in [6.45, 7) is 4.99. The second-order valence-corrected chi connectivity index (χ2v) is 8.49. The van der Waals surface area contributed by atoms with Crippen molar-refractivity contribution in [3.8, 4) is 0 Å². The standard InChI is InChI=1S/C25H49N2O3/c1-3-5-6-7-8-9-10-11-12-13-14-15-16-17-18-19-22-27-25(29)23(26)20-21-24(28)30-4-2/h23,26H,3-22H2,1-2H3,(H,27,29). The predicted molar refractivity (Wildman–Crippen MR) is 125 cm³/mol. The van der Waals surface area contributed by atoms with Gasteiger partial charge >= 0.3 is 5.97 Å². The lowest BCUT2D eigenvalue weighted by Crippen LogP contribution is -2.36.